The SMILES string of the molecule is CCN(CCCNC1CCC(C(F)(F)F)CC1)S(C)(=O)=O. The van der Waals surface area contributed by atoms with Crippen molar-refractivity contribution in [1.29, 1.82) is 0 Å². The molecule has 0 radical (unpaired) electrons. The second kappa shape index (κ2) is 7.78. The fraction of sp³-hybridized carbons (Fsp3) is 1.00. The van der Waals surface area contributed by atoms with Gasteiger partial charge in [0.2, 0.25) is 10.0 Å². The molecule has 8 heteroatoms. The van der Waals surface area contributed by atoms with Crippen molar-refractivity contribution in [3.8, 4) is 0 Å². The van der Waals surface area contributed by atoms with Crippen LogP contribution in [0, 0.1) is 5.92 Å². The van der Waals surface area contributed by atoms with Crippen LogP contribution in [0.15, 0.2) is 0 Å². The topological polar surface area (TPSA) is 49.4 Å². The number of alkyl halides is 3. The van der Waals surface area contributed by atoms with Crippen molar-refractivity contribution in [3.63, 3.8) is 0 Å². The van der Waals surface area contributed by atoms with E-state index in [2.05, 4.69) is 5.32 Å². The molecule has 126 valence electrons. The molecule has 0 saturated heterocycles. The summed E-state index contributed by atoms with van der Waals surface area (Å²) in [6.07, 6.45) is -0.775. The zero-order valence-electron chi connectivity index (χ0n) is 12.6. The van der Waals surface area contributed by atoms with Crippen LogP contribution >= 0.6 is 0 Å². The van der Waals surface area contributed by atoms with Gasteiger partial charge in [0.25, 0.3) is 0 Å². The van der Waals surface area contributed by atoms with E-state index in [-0.39, 0.29) is 18.9 Å². The Hall–Kier alpha value is -0.340. The molecule has 0 heterocycles. The molecule has 0 aromatic carbocycles. The largest absolute Gasteiger partial charge is 0.391 e. The van der Waals surface area contributed by atoms with Gasteiger partial charge in [-0.2, -0.15) is 13.2 Å². The van der Waals surface area contributed by atoms with Crippen molar-refractivity contribution >= 4 is 10.0 Å². The van der Waals surface area contributed by atoms with Crippen LogP contribution < -0.4 is 5.32 Å². The average Bonchev–Trinajstić information content (AvgIpc) is 2.36. The number of nitrogens with one attached hydrogen (secondary N) is 1. The standard InChI is InChI=1S/C13H25F3N2O2S/c1-3-18(21(2,19)20)10-4-9-17-12-7-5-11(6-8-12)13(14,15)16/h11-12,17H,3-10H2,1-2H3. The van der Waals surface area contributed by atoms with Gasteiger partial charge in [-0.25, -0.2) is 12.7 Å². The monoisotopic (exact) mass is 330 g/mol. The molecule has 1 rings (SSSR count). The summed E-state index contributed by atoms with van der Waals surface area (Å²) in [6, 6.07) is 0.122. The highest BCUT2D eigenvalue weighted by Gasteiger charge is 2.41. The summed E-state index contributed by atoms with van der Waals surface area (Å²) in [5.41, 5.74) is 0. The van der Waals surface area contributed by atoms with Crippen LogP contribution in [0.2, 0.25) is 0 Å². The second-order valence-electron chi connectivity index (χ2n) is 5.65. The van der Waals surface area contributed by atoms with E-state index >= 15 is 0 Å². The first-order valence-corrected chi connectivity index (χ1v) is 9.24. The summed E-state index contributed by atoms with van der Waals surface area (Å²) in [7, 11) is -3.16. The third-order valence-corrected chi connectivity index (χ3v) is 5.41. The summed E-state index contributed by atoms with van der Waals surface area (Å²) in [6.45, 7) is 3.30. The molecule has 0 aromatic rings. The fourth-order valence-corrected chi connectivity index (χ4v) is 3.67. The minimum atomic E-state index is -4.07. The van der Waals surface area contributed by atoms with E-state index in [9.17, 15) is 21.6 Å². The number of hydrogen-bond acceptors (Lipinski definition) is 3. The molecule has 0 aromatic heterocycles. The van der Waals surface area contributed by atoms with E-state index in [1.807, 2.05) is 0 Å². The number of hydrogen-bond donors (Lipinski definition) is 1. The van der Waals surface area contributed by atoms with Gasteiger partial charge in [-0.05, 0) is 38.6 Å². The first kappa shape index (κ1) is 18.7. The van der Waals surface area contributed by atoms with Gasteiger partial charge in [-0.1, -0.05) is 6.92 Å². The average molecular weight is 330 g/mol. The van der Waals surface area contributed by atoms with Crippen molar-refractivity contribution in [2.75, 3.05) is 25.9 Å². The van der Waals surface area contributed by atoms with Crippen molar-refractivity contribution in [2.45, 2.75) is 51.2 Å². The van der Waals surface area contributed by atoms with E-state index in [1.165, 1.54) is 10.6 Å². The molecule has 21 heavy (non-hydrogen) atoms. The van der Waals surface area contributed by atoms with E-state index < -0.39 is 22.1 Å². The van der Waals surface area contributed by atoms with Crippen LogP contribution in [0.4, 0.5) is 13.2 Å². The lowest BCUT2D eigenvalue weighted by Crippen LogP contribution is -2.38. The third kappa shape index (κ3) is 6.52. The highest BCUT2D eigenvalue weighted by Crippen LogP contribution is 2.37. The van der Waals surface area contributed by atoms with Crippen molar-refractivity contribution in [2.24, 2.45) is 5.92 Å². The van der Waals surface area contributed by atoms with Gasteiger partial charge in [-0.3, -0.25) is 0 Å². The van der Waals surface area contributed by atoms with Gasteiger partial charge >= 0.3 is 6.18 Å². The zero-order chi connectivity index (χ0) is 16.1. The molecule has 0 bridgehead atoms. The van der Waals surface area contributed by atoms with Gasteiger partial charge in [-0.15, -0.1) is 0 Å². The molecule has 0 atom stereocenters. The predicted octanol–water partition coefficient (Wildman–Crippen LogP) is 2.37. The molecule has 1 aliphatic rings. The molecule has 0 unspecified atom stereocenters. The number of rotatable bonds is 7. The molecule has 0 spiro atoms. The Morgan fingerprint density at radius 3 is 2.19 bits per heavy atom. The van der Waals surface area contributed by atoms with Gasteiger partial charge < -0.3 is 5.32 Å². The maximum Gasteiger partial charge on any atom is 0.391 e. The van der Waals surface area contributed by atoms with Gasteiger partial charge in [0.1, 0.15) is 0 Å². The second-order valence-corrected chi connectivity index (χ2v) is 7.63. The summed E-state index contributed by atoms with van der Waals surface area (Å²) in [4.78, 5) is 0. The van der Waals surface area contributed by atoms with Crippen LogP contribution in [0.5, 0.6) is 0 Å². The molecule has 0 amide bonds. The Morgan fingerprint density at radius 1 is 1.19 bits per heavy atom. The first-order chi connectivity index (χ1) is 9.64. The maximum absolute atomic E-state index is 12.5. The third-order valence-electron chi connectivity index (χ3n) is 4.03. The Kier molecular flexibility index (Phi) is 6.93. The summed E-state index contributed by atoms with van der Waals surface area (Å²) < 4.78 is 61.8. The Balaban J connectivity index is 2.21. The summed E-state index contributed by atoms with van der Waals surface area (Å²) >= 11 is 0. The lowest BCUT2D eigenvalue weighted by Gasteiger charge is -2.30. The molecule has 1 fully saturated rings. The molecular weight excluding hydrogens is 305 g/mol. The van der Waals surface area contributed by atoms with E-state index in [0.717, 1.165) is 0 Å². The number of sulfonamides is 1. The molecule has 1 N–H and O–H groups in total. The minimum Gasteiger partial charge on any atom is -0.314 e. The van der Waals surface area contributed by atoms with Crippen molar-refractivity contribution in [3.05, 3.63) is 0 Å². The van der Waals surface area contributed by atoms with Crippen molar-refractivity contribution in [1.82, 2.24) is 9.62 Å². The lowest BCUT2D eigenvalue weighted by molar-refractivity contribution is -0.182. The van der Waals surface area contributed by atoms with E-state index in [0.29, 0.717) is 38.9 Å². The van der Waals surface area contributed by atoms with Crippen LogP contribution in [0.25, 0.3) is 0 Å². The number of halogens is 3. The van der Waals surface area contributed by atoms with Crippen LogP contribution in [0.3, 0.4) is 0 Å². The molecule has 1 saturated carbocycles. The number of nitrogens with zero attached hydrogens (tertiary/aromatic N) is 1. The van der Waals surface area contributed by atoms with Gasteiger partial charge in [0.15, 0.2) is 0 Å². The smallest absolute Gasteiger partial charge is 0.314 e. The van der Waals surface area contributed by atoms with Crippen LogP contribution in [0.1, 0.15) is 39.0 Å². The fourth-order valence-electron chi connectivity index (χ4n) is 2.74. The zero-order valence-corrected chi connectivity index (χ0v) is 13.4. The Morgan fingerprint density at radius 2 is 1.76 bits per heavy atom. The minimum absolute atomic E-state index is 0.122. The first-order valence-electron chi connectivity index (χ1n) is 7.39. The molecule has 1 aliphatic carbocycles. The van der Waals surface area contributed by atoms with E-state index in [1.54, 1.807) is 6.92 Å². The quantitative estimate of drug-likeness (QED) is 0.729. The predicted molar refractivity (Wildman–Crippen MR) is 76.5 cm³/mol. The highest BCUT2D eigenvalue weighted by molar-refractivity contribution is 7.88. The molecular formula is C13H25F3N2O2S. The lowest BCUT2D eigenvalue weighted by atomic mass is 9.85. The maximum atomic E-state index is 12.5. The molecule has 4 nitrogen and oxygen atoms in total. The molecule has 0 aliphatic heterocycles. The normalized spacial score (nSPS) is 24.5. The van der Waals surface area contributed by atoms with Crippen molar-refractivity contribution < 1.29 is 21.6 Å². The summed E-state index contributed by atoms with van der Waals surface area (Å²) in [5, 5.41) is 3.24. The van der Waals surface area contributed by atoms with Gasteiger partial charge in [0.05, 0.1) is 12.2 Å². The van der Waals surface area contributed by atoms with Crippen LogP contribution in [-0.4, -0.2) is 50.8 Å². The van der Waals surface area contributed by atoms with Gasteiger partial charge in [0, 0.05) is 19.1 Å². The summed E-state index contributed by atoms with van der Waals surface area (Å²) in [5.74, 6) is -1.16. The Bertz CT molecular complexity index is 404. The highest BCUT2D eigenvalue weighted by atomic mass is 32.2. The van der Waals surface area contributed by atoms with Crippen LogP contribution in [-0.2, 0) is 10.0 Å². The van der Waals surface area contributed by atoms with E-state index in [4.69, 9.17) is 0 Å². The Labute approximate surface area is 125 Å².